The van der Waals surface area contributed by atoms with E-state index in [4.69, 9.17) is 18.9 Å². The molecule has 0 aromatic rings. The lowest BCUT2D eigenvalue weighted by molar-refractivity contribution is -0.378. The number of aliphatic hydroxyl groups excluding tert-OH is 8. The molecule has 8 N–H and O–H groups in total. The fourth-order valence-corrected chi connectivity index (χ4v) is 13.6. The molecule has 12 heteroatoms. The first kappa shape index (κ1) is 41.4. The molecule has 19 atom stereocenters. The van der Waals surface area contributed by atoms with E-state index in [0.29, 0.717) is 24.2 Å². The van der Waals surface area contributed by atoms with Gasteiger partial charge in [0.05, 0.1) is 19.3 Å². The number of fused-ring (bicyclic) bond motifs is 7. The quantitative estimate of drug-likeness (QED) is 0.140. The lowest BCUT2D eigenvalue weighted by Gasteiger charge is -2.71. The summed E-state index contributed by atoms with van der Waals surface area (Å²) in [6, 6.07) is 0. The zero-order valence-electron chi connectivity index (χ0n) is 33.6. The van der Waals surface area contributed by atoms with Gasteiger partial charge in [0.2, 0.25) is 0 Å². The van der Waals surface area contributed by atoms with Crippen LogP contribution in [0.4, 0.5) is 0 Å². The second-order valence-corrected chi connectivity index (χ2v) is 20.7. The number of allylic oxidation sites excluding steroid dienone is 2. The van der Waals surface area contributed by atoms with Crippen molar-refractivity contribution in [2.75, 3.05) is 19.8 Å². The molecule has 4 saturated carbocycles. The van der Waals surface area contributed by atoms with Gasteiger partial charge in [-0.1, -0.05) is 60.1 Å². The molecule has 0 radical (unpaired) electrons. The van der Waals surface area contributed by atoms with Gasteiger partial charge in [-0.05, 0) is 114 Å². The Balaban J connectivity index is 1.14. The molecule has 0 bridgehead atoms. The normalized spacial score (nSPS) is 55.8. The van der Waals surface area contributed by atoms with E-state index in [1.807, 2.05) is 0 Å². The number of rotatable bonds is 7. The van der Waals surface area contributed by atoms with Gasteiger partial charge in [-0.3, -0.25) is 0 Å². The van der Waals surface area contributed by atoms with Crippen LogP contribution in [0.5, 0.6) is 0 Å². The minimum Gasteiger partial charge on any atom is -0.396 e. The van der Waals surface area contributed by atoms with Crippen molar-refractivity contribution in [2.45, 2.75) is 180 Å². The van der Waals surface area contributed by atoms with Gasteiger partial charge in [0.1, 0.15) is 48.8 Å². The predicted molar refractivity (Wildman–Crippen MR) is 197 cm³/mol. The van der Waals surface area contributed by atoms with Gasteiger partial charge in [-0.2, -0.15) is 0 Å². The van der Waals surface area contributed by atoms with Crippen LogP contribution in [0, 0.1) is 50.2 Å². The first-order valence-electron chi connectivity index (χ1n) is 20.8. The zero-order chi connectivity index (χ0) is 39.4. The van der Waals surface area contributed by atoms with Crippen LogP contribution in [0.2, 0.25) is 0 Å². The molecule has 0 amide bonds. The van der Waals surface area contributed by atoms with Gasteiger partial charge in [0.25, 0.3) is 0 Å². The predicted octanol–water partition coefficient (Wildman–Crippen LogP) is 2.79. The molecule has 5 aliphatic carbocycles. The van der Waals surface area contributed by atoms with Crippen LogP contribution in [0.1, 0.15) is 113 Å². The van der Waals surface area contributed by atoms with Gasteiger partial charge in [0.15, 0.2) is 12.6 Å². The molecule has 6 fully saturated rings. The first-order valence-corrected chi connectivity index (χ1v) is 20.8. The molecule has 2 saturated heterocycles. The molecule has 0 spiro atoms. The van der Waals surface area contributed by atoms with Crippen LogP contribution in [0.15, 0.2) is 11.6 Å². The Kier molecular flexibility index (Phi) is 10.9. The fourth-order valence-electron chi connectivity index (χ4n) is 13.6. The van der Waals surface area contributed by atoms with Gasteiger partial charge < -0.3 is 59.8 Å². The average Bonchev–Trinajstić information content (AvgIpc) is 3.13. The van der Waals surface area contributed by atoms with Crippen LogP contribution in [0.3, 0.4) is 0 Å². The molecule has 0 aromatic carbocycles. The molecule has 7 rings (SSSR count). The summed E-state index contributed by atoms with van der Waals surface area (Å²) in [5, 5.41) is 83.8. The standard InChI is InChI=1S/C42H70O12/c1-37(2)26-10-13-42(7)27(9-8-22-23-18-38(3,21-45)14-15-39(23,4)16-17-41(22,42)6)40(26,5)12-11-28(37)53-36-34(32(49)30(47)25(20-44)52-36)54-35-33(50)31(48)29(46)24(19-43)51-35/h8,23-36,43-50H,9-21H2,1-7H3/t23-,24+,25+,26-,27+,28-,29+,30+,31-,32-,33+,34+,35-,36-,38-,39+,40-,41+,42+/m0/s1. The van der Waals surface area contributed by atoms with Crippen molar-refractivity contribution in [3.05, 3.63) is 11.6 Å². The zero-order valence-corrected chi connectivity index (χ0v) is 33.6. The lowest BCUT2D eigenvalue weighted by atomic mass is 9.33. The maximum atomic E-state index is 11.3. The van der Waals surface area contributed by atoms with Crippen LogP contribution in [-0.4, -0.2) is 128 Å². The third-order valence-corrected chi connectivity index (χ3v) is 17.5. The van der Waals surface area contributed by atoms with Crippen molar-refractivity contribution >= 4 is 0 Å². The molecular formula is C42H70O12. The summed E-state index contributed by atoms with van der Waals surface area (Å²) < 4.78 is 24.5. The Labute approximate surface area is 321 Å². The monoisotopic (exact) mass is 766 g/mol. The molecule has 7 aliphatic rings. The summed E-state index contributed by atoms with van der Waals surface area (Å²) in [6.45, 7) is 15.9. The maximum absolute atomic E-state index is 11.3. The van der Waals surface area contributed by atoms with Gasteiger partial charge in [0, 0.05) is 6.61 Å². The third kappa shape index (κ3) is 6.14. The van der Waals surface area contributed by atoms with E-state index in [-0.39, 0.29) is 45.2 Å². The number of hydrogen-bond acceptors (Lipinski definition) is 12. The van der Waals surface area contributed by atoms with Crippen LogP contribution < -0.4 is 0 Å². The smallest absolute Gasteiger partial charge is 0.187 e. The largest absolute Gasteiger partial charge is 0.396 e. The summed E-state index contributed by atoms with van der Waals surface area (Å²) in [7, 11) is 0. The Morgan fingerprint density at radius 2 is 1.30 bits per heavy atom. The number of ether oxygens (including phenoxy) is 4. The second-order valence-electron chi connectivity index (χ2n) is 20.7. The van der Waals surface area contributed by atoms with Crippen LogP contribution >= 0.6 is 0 Å². The van der Waals surface area contributed by atoms with Crippen molar-refractivity contribution in [1.82, 2.24) is 0 Å². The van der Waals surface area contributed by atoms with Gasteiger partial charge in [-0.15, -0.1) is 0 Å². The van der Waals surface area contributed by atoms with Crippen molar-refractivity contribution in [2.24, 2.45) is 50.2 Å². The third-order valence-electron chi connectivity index (χ3n) is 17.5. The molecule has 310 valence electrons. The molecule has 0 unspecified atom stereocenters. The lowest BCUT2D eigenvalue weighted by Crippen LogP contribution is -2.66. The Hall–Kier alpha value is -0.740. The summed E-state index contributed by atoms with van der Waals surface area (Å²) in [5.74, 6) is 1.27. The van der Waals surface area contributed by atoms with E-state index >= 15 is 0 Å². The van der Waals surface area contributed by atoms with E-state index in [2.05, 4.69) is 54.5 Å². The van der Waals surface area contributed by atoms with E-state index in [1.54, 1.807) is 5.57 Å². The van der Waals surface area contributed by atoms with E-state index in [1.165, 1.54) is 19.3 Å². The Morgan fingerprint density at radius 1 is 0.667 bits per heavy atom. The highest BCUT2D eigenvalue weighted by molar-refractivity contribution is 5.33. The average molecular weight is 767 g/mol. The molecule has 12 nitrogen and oxygen atoms in total. The topological polar surface area (TPSA) is 199 Å². The van der Waals surface area contributed by atoms with Crippen molar-refractivity contribution in [3.8, 4) is 0 Å². The van der Waals surface area contributed by atoms with Crippen molar-refractivity contribution < 1.29 is 59.8 Å². The summed E-state index contributed by atoms with van der Waals surface area (Å²) in [4.78, 5) is 0. The van der Waals surface area contributed by atoms with Gasteiger partial charge >= 0.3 is 0 Å². The molecule has 54 heavy (non-hydrogen) atoms. The number of hydrogen-bond donors (Lipinski definition) is 8. The van der Waals surface area contributed by atoms with Crippen molar-refractivity contribution in [1.29, 1.82) is 0 Å². The van der Waals surface area contributed by atoms with Crippen LogP contribution in [-0.2, 0) is 18.9 Å². The van der Waals surface area contributed by atoms with E-state index in [0.717, 1.165) is 38.5 Å². The summed E-state index contributed by atoms with van der Waals surface area (Å²) in [5.41, 5.74) is 1.80. The number of aliphatic hydroxyl groups is 8. The van der Waals surface area contributed by atoms with E-state index in [9.17, 15) is 40.9 Å². The first-order chi connectivity index (χ1) is 25.2. The SMILES string of the molecule is CC1(C)[C@@H](O[C@@H]2O[C@H](CO)[C@@H](O)[C@H](O)[C@H]2O[C@@H]2O[C@H](CO)[C@@H](O)[C@H](O)[C@H]2O)CC[C@]2(C)[C@H]3CC=C4[C@@H]5C[C@@](C)(CO)CC[C@]5(C)CC[C@@]4(C)[C@]3(C)CC[C@@H]12. The minimum atomic E-state index is -1.73. The second kappa shape index (κ2) is 14.2. The fraction of sp³-hybridized carbons (Fsp3) is 0.952. The highest BCUT2D eigenvalue weighted by Crippen LogP contribution is 2.75. The Bertz CT molecular complexity index is 1410. The Morgan fingerprint density at radius 3 is 1.94 bits per heavy atom. The highest BCUT2D eigenvalue weighted by Gasteiger charge is 2.68. The molecule has 0 aromatic heterocycles. The molecule has 2 heterocycles. The highest BCUT2D eigenvalue weighted by atomic mass is 16.8. The summed E-state index contributed by atoms with van der Waals surface area (Å²) in [6.07, 6.45) is -1.96. The molecule has 2 aliphatic heterocycles. The van der Waals surface area contributed by atoms with Crippen LogP contribution in [0.25, 0.3) is 0 Å². The maximum Gasteiger partial charge on any atom is 0.187 e. The van der Waals surface area contributed by atoms with Gasteiger partial charge in [-0.25, -0.2) is 0 Å². The summed E-state index contributed by atoms with van der Waals surface area (Å²) >= 11 is 0. The molecular weight excluding hydrogens is 696 g/mol. The van der Waals surface area contributed by atoms with E-state index < -0.39 is 74.6 Å². The minimum absolute atomic E-state index is 0.0251. The van der Waals surface area contributed by atoms with Crippen molar-refractivity contribution in [3.63, 3.8) is 0 Å².